The third-order valence-electron chi connectivity index (χ3n) is 3.92. The summed E-state index contributed by atoms with van der Waals surface area (Å²) in [4.78, 5) is 15.3. The second-order valence-corrected chi connectivity index (χ2v) is 7.69. The van der Waals surface area contributed by atoms with Gasteiger partial charge in [-0.05, 0) is 60.1 Å². The number of halogens is 1. The van der Waals surface area contributed by atoms with E-state index in [0.29, 0.717) is 21.8 Å². The van der Waals surface area contributed by atoms with Crippen molar-refractivity contribution < 1.29 is 9.18 Å². The van der Waals surface area contributed by atoms with Crippen LogP contribution in [0.4, 0.5) is 10.1 Å². The highest BCUT2D eigenvalue weighted by Gasteiger charge is 2.19. The summed E-state index contributed by atoms with van der Waals surface area (Å²) in [6.45, 7) is 0. The summed E-state index contributed by atoms with van der Waals surface area (Å²) in [5.74, 6) is -0.639. The van der Waals surface area contributed by atoms with E-state index in [4.69, 9.17) is 0 Å². The zero-order chi connectivity index (χ0) is 19.3. The van der Waals surface area contributed by atoms with Gasteiger partial charge in [-0.15, -0.1) is 5.10 Å². The van der Waals surface area contributed by atoms with Crippen molar-refractivity contribution in [2.45, 2.75) is 9.79 Å². The fraction of sp³-hybridized carbons (Fsp3) is 0. The Balaban J connectivity index is 1.59. The lowest BCUT2D eigenvalue weighted by Crippen LogP contribution is -2.12. The Morgan fingerprint density at radius 2 is 1.64 bits per heavy atom. The third kappa shape index (κ3) is 4.11. The minimum Gasteiger partial charge on any atom is -0.320 e. The first-order valence-electron chi connectivity index (χ1n) is 8.42. The number of para-hydroxylation sites is 1. The van der Waals surface area contributed by atoms with Gasteiger partial charge < -0.3 is 5.32 Å². The van der Waals surface area contributed by atoms with E-state index in [1.807, 2.05) is 54.6 Å². The number of anilines is 1. The molecular formula is C21H14FN3OS2. The second-order valence-electron chi connectivity index (χ2n) is 5.82. The molecule has 0 saturated heterocycles. The molecule has 0 saturated carbocycles. The molecule has 4 aromatic rings. The molecule has 0 bridgehead atoms. The van der Waals surface area contributed by atoms with E-state index in [2.05, 4.69) is 14.9 Å². The minimum atomic E-state index is -0.343. The van der Waals surface area contributed by atoms with Crippen LogP contribution in [0.3, 0.4) is 0 Å². The predicted octanol–water partition coefficient (Wildman–Crippen LogP) is 5.75. The molecule has 0 fully saturated rings. The van der Waals surface area contributed by atoms with Crippen LogP contribution in [0.15, 0.2) is 88.7 Å². The number of carbonyl (C=O) groups is 1. The molecule has 1 amide bonds. The SMILES string of the molecule is O=C(Nc1ccccc1Sc1ccccc1)c1snnc1-c1ccc(F)cc1. The van der Waals surface area contributed by atoms with Gasteiger partial charge in [0.25, 0.3) is 5.91 Å². The van der Waals surface area contributed by atoms with Crippen molar-refractivity contribution in [3.63, 3.8) is 0 Å². The van der Waals surface area contributed by atoms with Crippen molar-refractivity contribution >= 4 is 34.9 Å². The van der Waals surface area contributed by atoms with Gasteiger partial charge in [0, 0.05) is 15.4 Å². The number of nitrogens with zero attached hydrogens (tertiary/aromatic N) is 2. The van der Waals surface area contributed by atoms with Gasteiger partial charge in [-0.1, -0.05) is 46.6 Å². The quantitative estimate of drug-likeness (QED) is 0.458. The van der Waals surface area contributed by atoms with Crippen LogP contribution >= 0.6 is 23.3 Å². The minimum absolute atomic E-state index is 0.296. The summed E-state index contributed by atoms with van der Waals surface area (Å²) in [7, 11) is 0. The van der Waals surface area contributed by atoms with E-state index in [-0.39, 0.29) is 11.7 Å². The zero-order valence-corrected chi connectivity index (χ0v) is 16.1. The molecule has 0 radical (unpaired) electrons. The van der Waals surface area contributed by atoms with E-state index in [0.717, 1.165) is 21.3 Å². The van der Waals surface area contributed by atoms with Gasteiger partial charge >= 0.3 is 0 Å². The normalized spacial score (nSPS) is 10.6. The molecule has 3 aromatic carbocycles. The van der Waals surface area contributed by atoms with E-state index in [1.165, 1.54) is 12.1 Å². The molecule has 0 unspecified atom stereocenters. The van der Waals surface area contributed by atoms with Gasteiger partial charge in [0.05, 0.1) is 5.69 Å². The van der Waals surface area contributed by atoms with Gasteiger partial charge in [0.2, 0.25) is 0 Å². The molecule has 7 heteroatoms. The smallest absolute Gasteiger partial charge is 0.269 e. The second kappa shape index (κ2) is 8.33. The van der Waals surface area contributed by atoms with Gasteiger partial charge in [0.15, 0.2) is 0 Å². The number of amides is 1. The van der Waals surface area contributed by atoms with E-state index >= 15 is 0 Å². The standard InChI is InChI=1S/C21H14FN3OS2/c22-15-12-10-14(11-13-15)19-20(28-25-24-19)21(26)23-17-8-4-5-9-18(17)27-16-6-2-1-3-7-16/h1-13H,(H,23,26). The van der Waals surface area contributed by atoms with E-state index in [9.17, 15) is 9.18 Å². The molecule has 1 heterocycles. The number of benzene rings is 3. The number of nitrogens with one attached hydrogen (secondary N) is 1. The molecular weight excluding hydrogens is 393 g/mol. The van der Waals surface area contributed by atoms with E-state index in [1.54, 1.807) is 23.9 Å². The summed E-state index contributed by atoms with van der Waals surface area (Å²) >= 11 is 2.58. The Bertz CT molecular complexity index is 1100. The van der Waals surface area contributed by atoms with Crippen molar-refractivity contribution in [2.24, 2.45) is 0 Å². The first-order valence-corrected chi connectivity index (χ1v) is 10.0. The van der Waals surface area contributed by atoms with Gasteiger partial charge in [-0.2, -0.15) is 0 Å². The predicted molar refractivity (Wildman–Crippen MR) is 110 cm³/mol. The number of aromatic nitrogens is 2. The molecule has 0 spiro atoms. The highest BCUT2D eigenvalue weighted by molar-refractivity contribution is 7.99. The summed E-state index contributed by atoms with van der Waals surface area (Å²) < 4.78 is 17.1. The lowest BCUT2D eigenvalue weighted by atomic mass is 10.1. The highest BCUT2D eigenvalue weighted by Crippen LogP contribution is 2.34. The van der Waals surface area contributed by atoms with Crippen molar-refractivity contribution in [2.75, 3.05) is 5.32 Å². The Labute approximate surface area is 169 Å². The molecule has 0 atom stereocenters. The van der Waals surface area contributed by atoms with Crippen LogP contribution in [0.1, 0.15) is 9.67 Å². The monoisotopic (exact) mass is 407 g/mol. The fourth-order valence-corrected chi connectivity index (χ4v) is 4.10. The molecule has 4 rings (SSSR count). The highest BCUT2D eigenvalue weighted by atomic mass is 32.2. The summed E-state index contributed by atoms with van der Waals surface area (Å²) in [5, 5.41) is 7.00. The summed E-state index contributed by atoms with van der Waals surface area (Å²) in [6, 6.07) is 23.4. The maximum atomic E-state index is 13.2. The molecule has 0 aliphatic carbocycles. The van der Waals surface area contributed by atoms with Crippen LogP contribution in [-0.4, -0.2) is 15.5 Å². The number of hydrogen-bond donors (Lipinski definition) is 1. The average molecular weight is 407 g/mol. The van der Waals surface area contributed by atoms with Crippen molar-refractivity contribution in [1.29, 1.82) is 0 Å². The van der Waals surface area contributed by atoms with Crippen LogP contribution in [0.25, 0.3) is 11.3 Å². The van der Waals surface area contributed by atoms with Gasteiger partial charge in [-0.3, -0.25) is 4.79 Å². The summed E-state index contributed by atoms with van der Waals surface area (Å²) in [6.07, 6.45) is 0. The van der Waals surface area contributed by atoms with Crippen molar-refractivity contribution in [3.8, 4) is 11.3 Å². The fourth-order valence-electron chi connectivity index (χ4n) is 2.59. The Morgan fingerprint density at radius 1 is 0.929 bits per heavy atom. The molecule has 1 aromatic heterocycles. The van der Waals surface area contributed by atoms with Gasteiger partial charge in [-0.25, -0.2) is 4.39 Å². The lowest BCUT2D eigenvalue weighted by molar-refractivity contribution is 0.103. The molecule has 0 aliphatic heterocycles. The molecule has 4 nitrogen and oxygen atoms in total. The third-order valence-corrected chi connectivity index (χ3v) is 5.73. The first-order chi connectivity index (χ1) is 13.7. The van der Waals surface area contributed by atoms with Gasteiger partial charge in [0.1, 0.15) is 16.4 Å². The van der Waals surface area contributed by atoms with Crippen LogP contribution in [0.5, 0.6) is 0 Å². The Hall–Kier alpha value is -3.03. The maximum Gasteiger partial charge on any atom is 0.269 e. The molecule has 28 heavy (non-hydrogen) atoms. The molecule has 1 N–H and O–H groups in total. The molecule has 0 aliphatic rings. The summed E-state index contributed by atoms with van der Waals surface area (Å²) in [5.41, 5.74) is 1.79. The zero-order valence-electron chi connectivity index (χ0n) is 14.5. The average Bonchev–Trinajstić information content (AvgIpc) is 3.21. The largest absolute Gasteiger partial charge is 0.320 e. The topological polar surface area (TPSA) is 54.9 Å². The first kappa shape index (κ1) is 18.3. The number of carbonyl (C=O) groups excluding carboxylic acids is 1. The molecule has 138 valence electrons. The van der Waals surface area contributed by atoms with Crippen LogP contribution in [0, 0.1) is 5.82 Å². The van der Waals surface area contributed by atoms with E-state index < -0.39 is 0 Å². The van der Waals surface area contributed by atoms with Crippen LogP contribution in [-0.2, 0) is 0 Å². The number of rotatable bonds is 5. The number of hydrogen-bond acceptors (Lipinski definition) is 5. The Kier molecular flexibility index (Phi) is 5.45. The van der Waals surface area contributed by atoms with Crippen LogP contribution in [0.2, 0.25) is 0 Å². The van der Waals surface area contributed by atoms with Crippen molar-refractivity contribution in [1.82, 2.24) is 9.59 Å². The lowest BCUT2D eigenvalue weighted by Gasteiger charge is -2.10. The Morgan fingerprint density at radius 3 is 2.43 bits per heavy atom. The maximum absolute atomic E-state index is 13.2. The van der Waals surface area contributed by atoms with Crippen molar-refractivity contribution in [3.05, 3.63) is 89.6 Å². The van der Waals surface area contributed by atoms with Crippen LogP contribution < -0.4 is 5.32 Å².